The Kier molecular flexibility index (Phi) is 4.91. The molecule has 3 aromatic rings. The van der Waals surface area contributed by atoms with Crippen LogP contribution in [0, 0.1) is 0 Å². The number of likely N-dealkylation sites (tertiary alicyclic amines) is 1. The summed E-state index contributed by atoms with van der Waals surface area (Å²) in [6.07, 6.45) is 2.03. The van der Waals surface area contributed by atoms with Gasteiger partial charge in [-0.2, -0.15) is 0 Å². The lowest BCUT2D eigenvalue weighted by Crippen LogP contribution is -2.61. The van der Waals surface area contributed by atoms with Gasteiger partial charge in [0.2, 0.25) is 0 Å². The molecule has 0 aliphatic carbocycles. The monoisotopic (exact) mass is 397 g/mol. The predicted octanol–water partition coefficient (Wildman–Crippen LogP) is 3.33. The molecule has 28 heavy (non-hydrogen) atoms. The van der Waals surface area contributed by atoms with Gasteiger partial charge >= 0.3 is 5.91 Å². The molecule has 1 unspecified atom stereocenters. The molecule has 3 N–H and O–H groups in total. The fraction of sp³-hybridized carbons (Fsp3) is 0.286. The van der Waals surface area contributed by atoms with E-state index in [1.807, 2.05) is 42.5 Å². The highest BCUT2D eigenvalue weighted by molar-refractivity contribution is 6.33. The second kappa shape index (κ2) is 7.37. The van der Waals surface area contributed by atoms with Crippen LogP contribution in [0.3, 0.4) is 0 Å². The van der Waals surface area contributed by atoms with Gasteiger partial charge < -0.3 is 10.7 Å². The zero-order valence-electron chi connectivity index (χ0n) is 15.4. The van der Waals surface area contributed by atoms with Gasteiger partial charge in [0.1, 0.15) is 10.8 Å². The van der Waals surface area contributed by atoms with E-state index in [0.717, 1.165) is 23.3 Å². The van der Waals surface area contributed by atoms with Gasteiger partial charge in [0.25, 0.3) is 5.91 Å². The number of nitrogens with two attached hydrogens (primary N) is 1. The third kappa shape index (κ3) is 3.08. The van der Waals surface area contributed by atoms with Crippen LogP contribution in [-0.4, -0.2) is 34.4 Å². The lowest BCUT2D eigenvalue weighted by atomic mass is 10.1. The Morgan fingerprint density at radius 1 is 1.18 bits per heavy atom. The maximum absolute atomic E-state index is 13.5. The molecule has 0 bridgehead atoms. The summed E-state index contributed by atoms with van der Waals surface area (Å²) >= 11 is 6.44. The average Bonchev–Trinajstić information content (AvgIpc) is 3.31. The number of carbonyl (C=O) groups is 2. The summed E-state index contributed by atoms with van der Waals surface area (Å²) in [6.45, 7) is 0.524. The van der Waals surface area contributed by atoms with Crippen LogP contribution in [0.25, 0.3) is 11.0 Å². The van der Waals surface area contributed by atoms with Gasteiger partial charge in [-0.05, 0) is 18.2 Å². The maximum atomic E-state index is 13.5. The van der Waals surface area contributed by atoms with Crippen LogP contribution in [0.4, 0.5) is 5.69 Å². The molecular formula is C21H22ClN4O2+. The van der Waals surface area contributed by atoms with Crippen molar-refractivity contribution in [3.8, 4) is 0 Å². The normalized spacial score (nSPS) is 21.8. The first kappa shape index (κ1) is 18.7. The van der Waals surface area contributed by atoms with E-state index >= 15 is 0 Å². The minimum Gasteiger partial charge on any atom is -0.364 e. The van der Waals surface area contributed by atoms with Crippen molar-refractivity contribution in [3.63, 3.8) is 0 Å². The topological polar surface area (TPSA) is 88.8 Å². The summed E-state index contributed by atoms with van der Waals surface area (Å²) in [7, 11) is 0. The first-order valence-electron chi connectivity index (χ1n) is 9.41. The first-order chi connectivity index (χ1) is 13.5. The van der Waals surface area contributed by atoms with Crippen LogP contribution in [0.5, 0.6) is 0 Å². The SMILES string of the molecule is NC(=O)[C@@H]1CCC[N+]1(C(=O)CCc1nc2ccccc2[nH]1)c1ccccc1Cl. The summed E-state index contributed by atoms with van der Waals surface area (Å²) in [4.78, 5) is 33.5. The standard InChI is InChI=1S/C21H21ClN4O2/c22-14-6-1-4-9-17(14)26(13-5-10-18(26)21(23)28)20(27)12-11-19-24-15-7-2-3-8-16(15)25-19/h1-4,6-9,18H,5,10-13H2,(H2-,23,24,25,28)/p+1/t18-,26?/m0/s1. The van der Waals surface area contributed by atoms with Crippen molar-refractivity contribution in [3.05, 3.63) is 59.4 Å². The molecule has 2 amide bonds. The number of fused-ring (bicyclic) bond motifs is 1. The third-order valence-electron chi connectivity index (χ3n) is 5.59. The predicted molar refractivity (Wildman–Crippen MR) is 110 cm³/mol. The van der Waals surface area contributed by atoms with Gasteiger partial charge in [0.15, 0.2) is 11.7 Å². The van der Waals surface area contributed by atoms with Crippen LogP contribution < -0.4 is 10.2 Å². The number of H-pyrrole nitrogens is 1. The smallest absolute Gasteiger partial charge is 0.319 e. The number of halogens is 1. The van der Waals surface area contributed by atoms with E-state index in [9.17, 15) is 9.59 Å². The van der Waals surface area contributed by atoms with Crippen LogP contribution >= 0.6 is 11.6 Å². The second-order valence-corrected chi connectivity index (χ2v) is 7.61. The summed E-state index contributed by atoms with van der Waals surface area (Å²) in [5.41, 5.74) is 8.15. The number of aromatic nitrogens is 2. The number of hydrogen-bond donors (Lipinski definition) is 2. The summed E-state index contributed by atoms with van der Waals surface area (Å²) in [5.74, 6) is 0.228. The third-order valence-corrected chi connectivity index (χ3v) is 5.91. The molecular weight excluding hydrogens is 376 g/mol. The highest BCUT2D eigenvalue weighted by atomic mass is 35.5. The van der Waals surface area contributed by atoms with Gasteiger partial charge in [-0.1, -0.05) is 35.9 Å². The number of primary amides is 1. The van der Waals surface area contributed by atoms with Gasteiger partial charge in [-0.25, -0.2) is 14.3 Å². The zero-order chi connectivity index (χ0) is 19.7. The number of aromatic amines is 1. The molecule has 7 heteroatoms. The van der Waals surface area contributed by atoms with E-state index in [4.69, 9.17) is 17.3 Å². The van der Waals surface area contributed by atoms with Crippen molar-refractivity contribution in [1.82, 2.24) is 14.5 Å². The molecule has 4 rings (SSSR count). The Bertz CT molecular complexity index is 1010. The molecule has 1 fully saturated rings. The fourth-order valence-corrected chi connectivity index (χ4v) is 4.60. The van der Waals surface area contributed by atoms with Crippen molar-refractivity contribution in [1.29, 1.82) is 0 Å². The van der Waals surface area contributed by atoms with Crippen molar-refractivity contribution in [2.75, 3.05) is 6.54 Å². The number of nitrogens with zero attached hydrogens (tertiary/aromatic N) is 2. The van der Waals surface area contributed by atoms with E-state index < -0.39 is 11.9 Å². The summed E-state index contributed by atoms with van der Waals surface area (Å²) in [5, 5.41) is 0.479. The molecule has 1 aliphatic heterocycles. The van der Waals surface area contributed by atoms with Gasteiger partial charge in [-0.15, -0.1) is 0 Å². The molecule has 2 aromatic carbocycles. The fourth-order valence-electron chi connectivity index (χ4n) is 4.32. The van der Waals surface area contributed by atoms with E-state index in [-0.39, 0.29) is 16.8 Å². The Morgan fingerprint density at radius 3 is 2.68 bits per heavy atom. The van der Waals surface area contributed by atoms with Gasteiger partial charge in [0.05, 0.1) is 24.0 Å². The molecule has 144 valence electrons. The van der Waals surface area contributed by atoms with Crippen LogP contribution in [0.1, 0.15) is 25.1 Å². The van der Waals surface area contributed by atoms with Gasteiger partial charge in [0, 0.05) is 25.3 Å². The number of hydrogen-bond acceptors (Lipinski definition) is 3. The molecule has 1 aliphatic rings. The molecule has 1 aromatic heterocycles. The largest absolute Gasteiger partial charge is 0.364 e. The lowest BCUT2D eigenvalue weighted by Gasteiger charge is -2.36. The number of aryl methyl sites for hydroxylation is 1. The number of imidazole rings is 1. The molecule has 1 saturated heterocycles. The molecule has 2 heterocycles. The number of benzene rings is 2. The molecule has 2 atom stereocenters. The minimum atomic E-state index is -0.594. The maximum Gasteiger partial charge on any atom is 0.319 e. The van der Waals surface area contributed by atoms with E-state index in [2.05, 4.69) is 9.97 Å². The Labute approximate surface area is 167 Å². The van der Waals surface area contributed by atoms with Crippen molar-refractivity contribution < 1.29 is 9.59 Å². The summed E-state index contributed by atoms with van der Waals surface area (Å²) < 4.78 is -0.102. The average molecular weight is 398 g/mol. The first-order valence-corrected chi connectivity index (χ1v) is 9.79. The van der Waals surface area contributed by atoms with Crippen molar-refractivity contribution >= 4 is 40.1 Å². The molecule has 0 saturated carbocycles. The highest BCUT2D eigenvalue weighted by Crippen LogP contribution is 2.40. The lowest BCUT2D eigenvalue weighted by molar-refractivity contribution is -0.136. The quantitative estimate of drug-likeness (QED) is 0.647. The van der Waals surface area contributed by atoms with Crippen LogP contribution in [0.15, 0.2) is 48.5 Å². The van der Waals surface area contributed by atoms with Crippen LogP contribution in [0.2, 0.25) is 5.02 Å². The van der Waals surface area contributed by atoms with E-state index in [0.29, 0.717) is 30.1 Å². The zero-order valence-corrected chi connectivity index (χ0v) is 16.2. The number of nitrogens with one attached hydrogen (secondary N) is 1. The Hall–Kier alpha value is -2.70. The number of amides is 2. The Morgan fingerprint density at radius 2 is 1.93 bits per heavy atom. The number of carbonyl (C=O) groups excluding carboxylic acids is 2. The van der Waals surface area contributed by atoms with E-state index in [1.54, 1.807) is 6.07 Å². The van der Waals surface area contributed by atoms with E-state index in [1.165, 1.54) is 0 Å². The molecule has 0 spiro atoms. The number of quaternary nitrogens is 1. The highest BCUT2D eigenvalue weighted by Gasteiger charge is 2.53. The Balaban J connectivity index is 1.65. The van der Waals surface area contributed by atoms with Crippen molar-refractivity contribution in [2.24, 2.45) is 5.73 Å². The summed E-state index contributed by atoms with van der Waals surface area (Å²) in [6, 6.07) is 14.4. The number of rotatable bonds is 5. The second-order valence-electron chi connectivity index (χ2n) is 7.20. The van der Waals surface area contributed by atoms with Gasteiger partial charge in [-0.3, -0.25) is 4.79 Å². The van der Waals surface area contributed by atoms with Crippen molar-refractivity contribution in [2.45, 2.75) is 31.7 Å². The minimum absolute atomic E-state index is 0.0603. The molecule has 0 radical (unpaired) electrons. The van der Waals surface area contributed by atoms with Crippen LogP contribution in [-0.2, 0) is 16.0 Å². The number of para-hydroxylation sites is 3. The molecule has 6 nitrogen and oxygen atoms in total.